The molecule has 1 aromatic rings. The second-order valence-electron chi connectivity index (χ2n) is 6.88. The second-order valence-corrected chi connectivity index (χ2v) is 6.88. The van der Waals surface area contributed by atoms with E-state index in [2.05, 4.69) is 25.1 Å². The maximum Gasteiger partial charge on any atom is 0.162 e. The van der Waals surface area contributed by atoms with E-state index in [9.17, 15) is 4.79 Å². The van der Waals surface area contributed by atoms with Crippen molar-refractivity contribution in [2.24, 2.45) is 17.8 Å². The lowest BCUT2D eigenvalue weighted by Gasteiger charge is -2.37. The molecule has 0 spiro atoms. The minimum absolute atomic E-state index is 0.286. The lowest BCUT2D eigenvalue weighted by atomic mass is 9.66. The number of carbonyl (C=O) groups excluding carboxylic acids is 1. The fourth-order valence-corrected chi connectivity index (χ4v) is 4.22. The second kappa shape index (κ2) is 6.60. The highest BCUT2D eigenvalue weighted by Gasteiger charge is 2.37. The topological polar surface area (TPSA) is 17.1 Å². The van der Waals surface area contributed by atoms with E-state index in [1.54, 1.807) is 0 Å². The van der Waals surface area contributed by atoms with Gasteiger partial charge in [0.05, 0.1) is 0 Å². The van der Waals surface area contributed by atoms with Crippen molar-refractivity contribution in [1.82, 2.24) is 0 Å². The molecule has 0 N–H and O–H groups in total. The van der Waals surface area contributed by atoms with E-state index < -0.39 is 0 Å². The third kappa shape index (κ3) is 3.28. The molecular weight excluding hydrogens is 256 g/mol. The van der Waals surface area contributed by atoms with E-state index in [-0.39, 0.29) is 5.92 Å². The molecule has 1 aromatic carbocycles. The van der Waals surface area contributed by atoms with Gasteiger partial charge in [0.15, 0.2) is 5.78 Å². The standard InChI is InChI=1S/C20H26O/c1-15-12-13-18(14-16-8-4-2-5-9-16)20(21)19(15)17-10-6-3-7-11-17/h2,4-5,8-9,14-15,17,19H,3,6-7,10-13H2,1H3/b18-14-. The molecule has 2 saturated carbocycles. The molecular formula is C20H26O. The van der Waals surface area contributed by atoms with Gasteiger partial charge in [0.2, 0.25) is 0 Å². The number of carbonyl (C=O) groups is 1. The summed E-state index contributed by atoms with van der Waals surface area (Å²) in [6.45, 7) is 2.29. The summed E-state index contributed by atoms with van der Waals surface area (Å²) in [5.74, 6) is 1.94. The Labute approximate surface area is 128 Å². The Morgan fingerprint density at radius 3 is 2.43 bits per heavy atom. The minimum atomic E-state index is 0.286. The van der Waals surface area contributed by atoms with E-state index in [4.69, 9.17) is 0 Å². The molecule has 0 radical (unpaired) electrons. The molecule has 1 heteroatoms. The molecule has 0 bridgehead atoms. The van der Waals surface area contributed by atoms with Crippen LogP contribution in [0, 0.1) is 17.8 Å². The first-order valence-electron chi connectivity index (χ1n) is 8.55. The average molecular weight is 282 g/mol. The van der Waals surface area contributed by atoms with Crippen LogP contribution in [0.2, 0.25) is 0 Å². The van der Waals surface area contributed by atoms with Crippen molar-refractivity contribution in [1.29, 1.82) is 0 Å². The Hall–Kier alpha value is -1.37. The number of hydrogen-bond donors (Lipinski definition) is 0. The first-order chi connectivity index (χ1) is 10.3. The number of benzene rings is 1. The summed E-state index contributed by atoms with van der Waals surface area (Å²) >= 11 is 0. The van der Waals surface area contributed by atoms with E-state index in [1.165, 1.54) is 38.5 Å². The van der Waals surface area contributed by atoms with Crippen molar-refractivity contribution in [2.45, 2.75) is 51.9 Å². The van der Waals surface area contributed by atoms with Crippen LogP contribution in [0.3, 0.4) is 0 Å². The maximum absolute atomic E-state index is 13.0. The average Bonchev–Trinajstić information content (AvgIpc) is 2.52. The molecule has 112 valence electrons. The van der Waals surface area contributed by atoms with Crippen molar-refractivity contribution in [2.75, 3.05) is 0 Å². The van der Waals surface area contributed by atoms with Gasteiger partial charge in [0.25, 0.3) is 0 Å². The predicted octanol–water partition coefficient (Wildman–Crippen LogP) is 5.27. The predicted molar refractivity (Wildman–Crippen MR) is 87.9 cm³/mol. The Morgan fingerprint density at radius 2 is 1.71 bits per heavy atom. The van der Waals surface area contributed by atoms with Gasteiger partial charge in [0, 0.05) is 5.92 Å². The Balaban J connectivity index is 1.81. The van der Waals surface area contributed by atoms with Crippen LogP contribution in [0.4, 0.5) is 0 Å². The van der Waals surface area contributed by atoms with Crippen LogP contribution in [0.1, 0.15) is 57.4 Å². The highest BCUT2D eigenvalue weighted by Crippen LogP contribution is 2.41. The van der Waals surface area contributed by atoms with Crippen LogP contribution in [-0.2, 0) is 4.79 Å². The molecule has 0 aliphatic heterocycles. The first-order valence-corrected chi connectivity index (χ1v) is 8.55. The van der Waals surface area contributed by atoms with Crippen LogP contribution in [-0.4, -0.2) is 5.78 Å². The third-order valence-corrected chi connectivity index (χ3v) is 5.40. The molecule has 1 nitrogen and oxygen atoms in total. The summed E-state index contributed by atoms with van der Waals surface area (Å²) in [7, 11) is 0. The van der Waals surface area contributed by atoms with Gasteiger partial charge in [-0.1, -0.05) is 56.5 Å². The minimum Gasteiger partial charge on any atom is -0.294 e. The smallest absolute Gasteiger partial charge is 0.162 e. The quantitative estimate of drug-likeness (QED) is 0.676. The summed E-state index contributed by atoms with van der Waals surface area (Å²) in [5, 5.41) is 0. The molecule has 2 aliphatic carbocycles. The van der Waals surface area contributed by atoms with Gasteiger partial charge in [0.1, 0.15) is 0 Å². The lowest BCUT2D eigenvalue weighted by Crippen LogP contribution is -2.35. The SMILES string of the molecule is CC1CC/C(=C/c2ccccc2)C(=O)C1C1CCCCC1. The Bertz CT molecular complexity index is 508. The van der Waals surface area contributed by atoms with E-state index in [0.29, 0.717) is 17.6 Å². The molecule has 2 aliphatic rings. The zero-order valence-electron chi connectivity index (χ0n) is 13.1. The van der Waals surface area contributed by atoms with Crippen LogP contribution in [0.25, 0.3) is 6.08 Å². The van der Waals surface area contributed by atoms with Crippen molar-refractivity contribution >= 4 is 11.9 Å². The fourth-order valence-electron chi connectivity index (χ4n) is 4.22. The first kappa shape index (κ1) is 14.6. The number of hydrogen-bond acceptors (Lipinski definition) is 1. The number of Topliss-reactive ketones (excluding diaryl/α,β-unsaturated/α-hetero) is 1. The molecule has 0 aromatic heterocycles. The van der Waals surface area contributed by atoms with Gasteiger partial charge < -0.3 is 0 Å². The molecule has 0 heterocycles. The van der Waals surface area contributed by atoms with Crippen molar-refractivity contribution in [3.8, 4) is 0 Å². The third-order valence-electron chi connectivity index (χ3n) is 5.40. The molecule has 2 atom stereocenters. The van der Waals surface area contributed by atoms with E-state index >= 15 is 0 Å². The van der Waals surface area contributed by atoms with Gasteiger partial charge in [-0.15, -0.1) is 0 Å². The molecule has 2 unspecified atom stereocenters. The number of rotatable bonds is 2. The van der Waals surface area contributed by atoms with Crippen molar-refractivity contribution < 1.29 is 4.79 Å². The van der Waals surface area contributed by atoms with Gasteiger partial charge in [-0.3, -0.25) is 4.79 Å². The van der Waals surface area contributed by atoms with Gasteiger partial charge in [-0.05, 0) is 54.7 Å². The summed E-state index contributed by atoms with van der Waals surface area (Å²) in [5.41, 5.74) is 2.23. The van der Waals surface area contributed by atoms with Gasteiger partial charge in [-0.2, -0.15) is 0 Å². The molecule has 0 saturated heterocycles. The fraction of sp³-hybridized carbons (Fsp3) is 0.550. The summed E-state index contributed by atoms with van der Waals surface area (Å²) in [6, 6.07) is 10.3. The summed E-state index contributed by atoms with van der Waals surface area (Å²) in [6.07, 6.45) is 10.8. The van der Waals surface area contributed by atoms with Crippen LogP contribution in [0.15, 0.2) is 35.9 Å². The lowest BCUT2D eigenvalue weighted by molar-refractivity contribution is -0.124. The zero-order valence-corrected chi connectivity index (χ0v) is 13.1. The van der Waals surface area contributed by atoms with E-state index in [1.807, 2.05) is 18.2 Å². The molecule has 2 fully saturated rings. The van der Waals surface area contributed by atoms with Crippen molar-refractivity contribution in [3.63, 3.8) is 0 Å². The highest BCUT2D eigenvalue weighted by molar-refractivity contribution is 6.02. The van der Waals surface area contributed by atoms with Crippen LogP contribution in [0.5, 0.6) is 0 Å². The summed E-state index contributed by atoms with van der Waals surface area (Å²) < 4.78 is 0. The monoisotopic (exact) mass is 282 g/mol. The highest BCUT2D eigenvalue weighted by atomic mass is 16.1. The van der Waals surface area contributed by atoms with Gasteiger partial charge >= 0.3 is 0 Å². The normalized spacial score (nSPS) is 29.8. The summed E-state index contributed by atoms with van der Waals surface area (Å²) in [4.78, 5) is 13.0. The Morgan fingerprint density at radius 1 is 1.00 bits per heavy atom. The number of allylic oxidation sites excluding steroid dienone is 1. The maximum atomic E-state index is 13.0. The molecule has 21 heavy (non-hydrogen) atoms. The molecule has 3 rings (SSSR count). The van der Waals surface area contributed by atoms with E-state index in [0.717, 1.165) is 17.6 Å². The zero-order chi connectivity index (χ0) is 14.7. The number of ketones is 1. The van der Waals surface area contributed by atoms with Crippen LogP contribution < -0.4 is 0 Å². The van der Waals surface area contributed by atoms with Gasteiger partial charge in [-0.25, -0.2) is 0 Å². The largest absolute Gasteiger partial charge is 0.294 e. The Kier molecular flexibility index (Phi) is 4.57. The van der Waals surface area contributed by atoms with Crippen LogP contribution >= 0.6 is 0 Å². The van der Waals surface area contributed by atoms with Crippen molar-refractivity contribution in [3.05, 3.63) is 41.5 Å². The molecule has 0 amide bonds.